The molecular weight excluding hydrogens is 218 g/mol. The fourth-order valence-corrected chi connectivity index (χ4v) is 1.39. The standard InChI is InChI=1S/C12H11N3O2/c1-9-4-5-15(14-9)11-6-10(7-13-8-11)2-3-12(16)17/h2-8H,1H3,(H,16,17)/b3-2+. The van der Waals surface area contributed by atoms with Crippen molar-refractivity contribution in [1.82, 2.24) is 14.8 Å². The lowest BCUT2D eigenvalue weighted by Crippen LogP contribution is -1.96. The molecule has 17 heavy (non-hydrogen) atoms. The summed E-state index contributed by atoms with van der Waals surface area (Å²) in [7, 11) is 0. The van der Waals surface area contributed by atoms with Crippen LogP contribution in [0.15, 0.2) is 36.8 Å². The van der Waals surface area contributed by atoms with Crippen LogP contribution in [0.25, 0.3) is 11.8 Å². The van der Waals surface area contributed by atoms with Gasteiger partial charge in [0.15, 0.2) is 0 Å². The minimum Gasteiger partial charge on any atom is -0.478 e. The minimum atomic E-state index is -0.981. The van der Waals surface area contributed by atoms with E-state index in [9.17, 15) is 4.79 Å². The molecule has 0 unspecified atom stereocenters. The number of carbonyl (C=O) groups is 1. The Labute approximate surface area is 98.0 Å². The van der Waals surface area contributed by atoms with E-state index in [4.69, 9.17) is 5.11 Å². The van der Waals surface area contributed by atoms with Crippen LogP contribution in [0, 0.1) is 6.92 Å². The highest BCUT2D eigenvalue weighted by atomic mass is 16.4. The molecule has 0 aromatic carbocycles. The quantitative estimate of drug-likeness (QED) is 0.813. The number of aryl methyl sites for hydroxylation is 1. The molecule has 86 valence electrons. The maximum Gasteiger partial charge on any atom is 0.328 e. The van der Waals surface area contributed by atoms with E-state index < -0.39 is 5.97 Å². The van der Waals surface area contributed by atoms with E-state index in [0.29, 0.717) is 0 Å². The lowest BCUT2D eigenvalue weighted by molar-refractivity contribution is -0.131. The van der Waals surface area contributed by atoms with Gasteiger partial charge in [-0.05, 0) is 30.7 Å². The highest BCUT2D eigenvalue weighted by Gasteiger charge is 1.99. The van der Waals surface area contributed by atoms with Crippen LogP contribution in [-0.4, -0.2) is 25.8 Å². The summed E-state index contributed by atoms with van der Waals surface area (Å²) in [5.41, 5.74) is 2.43. The molecule has 0 bridgehead atoms. The second kappa shape index (κ2) is 4.61. The zero-order valence-electron chi connectivity index (χ0n) is 9.24. The van der Waals surface area contributed by atoms with Crippen molar-refractivity contribution < 1.29 is 9.90 Å². The van der Waals surface area contributed by atoms with E-state index >= 15 is 0 Å². The fraction of sp³-hybridized carbons (Fsp3) is 0.0833. The molecule has 0 amide bonds. The molecule has 2 rings (SSSR count). The average molecular weight is 229 g/mol. The van der Waals surface area contributed by atoms with E-state index in [-0.39, 0.29) is 0 Å². The summed E-state index contributed by atoms with van der Waals surface area (Å²) in [5.74, 6) is -0.981. The molecule has 0 spiro atoms. The summed E-state index contributed by atoms with van der Waals surface area (Å²) in [4.78, 5) is 14.4. The second-order valence-corrected chi connectivity index (χ2v) is 3.55. The molecule has 0 radical (unpaired) electrons. The second-order valence-electron chi connectivity index (χ2n) is 3.55. The maximum atomic E-state index is 10.4. The van der Waals surface area contributed by atoms with Crippen LogP contribution in [0.5, 0.6) is 0 Å². The highest BCUT2D eigenvalue weighted by Crippen LogP contribution is 2.09. The van der Waals surface area contributed by atoms with Gasteiger partial charge in [0, 0.05) is 18.5 Å². The fourth-order valence-electron chi connectivity index (χ4n) is 1.39. The molecule has 5 nitrogen and oxygen atoms in total. The SMILES string of the molecule is Cc1ccn(-c2cncc(/C=C/C(=O)O)c2)n1. The highest BCUT2D eigenvalue weighted by molar-refractivity contribution is 5.85. The van der Waals surface area contributed by atoms with Gasteiger partial charge in [0.1, 0.15) is 0 Å². The number of carboxylic acids is 1. The summed E-state index contributed by atoms with van der Waals surface area (Å²) in [5, 5.41) is 12.8. The third-order valence-electron chi connectivity index (χ3n) is 2.15. The zero-order valence-corrected chi connectivity index (χ0v) is 9.24. The Kier molecular flexibility index (Phi) is 3.00. The van der Waals surface area contributed by atoms with Crippen molar-refractivity contribution in [2.24, 2.45) is 0 Å². The van der Waals surface area contributed by atoms with Crippen LogP contribution in [0.4, 0.5) is 0 Å². The first-order valence-corrected chi connectivity index (χ1v) is 5.04. The van der Waals surface area contributed by atoms with E-state index in [0.717, 1.165) is 23.0 Å². The topological polar surface area (TPSA) is 68.0 Å². The molecule has 0 aliphatic rings. The van der Waals surface area contributed by atoms with Gasteiger partial charge >= 0.3 is 5.97 Å². The first-order valence-electron chi connectivity index (χ1n) is 5.04. The van der Waals surface area contributed by atoms with E-state index in [2.05, 4.69) is 10.1 Å². The zero-order chi connectivity index (χ0) is 12.3. The monoisotopic (exact) mass is 229 g/mol. The van der Waals surface area contributed by atoms with Crippen LogP contribution in [0.1, 0.15) is 11.3 Å². The largest absolute Gasteiger partial charge is 0.478 e. The molecule has 0 fully saturated rings. The van der Waals surface area contributed by atoms with E-state index in [1.807, 2.05) is 25.3 Å². The van der Waals surface area contributed by atoms with Crippen molar-refractivity contribution in [1.29, 1.82) is 0 Å². The van der Waals surface area contributed by atoms with Crippen LogP contribution < -0.4 is 0 Å². The van der Waals surface area contributed by atoms with Crippen LogP contribution in [0.3, 0.4) is 0 Å². The number of hydrogen-bond donors (Lipinski definition) is 1. The molecule has 5 heteroatoms. The normalized spacial score (nSPS) is 10.9. The summed E-state index contributed by atoms with van der Waals surface area (Å²) in [6, 6.07) is 3.71. The van der Waals surface area contributed by atoms with Gasteiger partial charge in [-0.3, -0.25) is 4.98 Å². The molecule has 0 saturated carbocycles. The van der Waals surface area contributed by atoms with Crippen LogP contribution in [0.2, 0.25) is 0 Å². The van der Waals surface area contributed by atoms with E-state index in [1.54, 1.807) is 17.1 Å². The predicted molar refractivity (Wildman–Crippen MR) is 62.8 cm³/mol. The van der Waals surface area contributed by atoms with Crippen molar-refractivity contribution in [2.75, 3.05) is 0 Å². The van der Waals surface area contributed by atoms with Crippen molar-refractivity contribution in [2.45, 2.75) is 6.92 Å². The molecule has 0 saturated heterocycles. The Hall–Kier alpha value is -2.43. The summed E-state index contributed by atoms with van der Waals surface area (Å²) < 4.78 is 1.69. The smallest absolute Gasteiger partial charge is 0.328 e. The Bertz CT molecular complexity index is 573. The maximum absolute atomic E-state index is 10.4. The van der Waals surface area contributed by atoms with Gasteiger partial charge in [0.25, 0.3) is 0 Å². The minimum absolute atomic E-state index is 0.720. The molecule has 0 aliphatic carbocycles. The summed E-state index contributed by atoms with van der Waals surface area (Å²) in [6.45, 7) is 1.90. The van der Waals surface area contributed by atoms with Gasteiger partial charge < -0.3 is 5.11 Å². The number of aromatic nitrogens is 3. The molecule has 2 aromatic heterocycles. The van der Waals surface area contributed by atoms with Gasteiger partial charge in [-0.1, -0.05) is 0 Å². The lowest BCUT2D eigenvalue weighted by atomic mass is 10.2. The van der Waals surface area contributed by atoms with Gasteiger partial charge in [-0.25, -0.2) is 9.48 Å². The third-order valence-corrected chi connectivity index (χ3v) is 2.15. The third kappa shape index (κ3) is 2.78. The summed E-state index contributed by atoms with van der Waals surface area (Å²) >= 11 is 0. The number of hydrogen-bond acceptors (Lipinski definition) is 3. The number of nitrogens with zero attached hydrogens (tertiary/aromatic N) is 3. The number of pyridine rings is 1. The lowest BCUT2D eigenvalue weighted by Gasteiger charge is -2.01. The van der Waals surface area contributed by atoms with Crippen molar-refractivity contribution in [3.8, 4) is 5.69 Å². The Morgan fingerprint density at radius 2 is 2.29 bits per heavy atom. The molecule has 1 N–H and O–H groups in total. The Balaban J connectivity index is 2.31. The number of aliphatic carboxylic acids is 1. The first-order chi connectivity index (χ1) is 8.15. The van der Waals surface area contributed by atoms with Gasteiger partial charge in [-0.15, -0.1) is 0 Å². The van der Waals surface area contributed by atoms with Gasteiger partial charge in [-0.2, -0.15) is 5.10 Å². The van der Waals surface area contributed by atoms with Crippen molar-refractivity contribution in [3.63, 3.8) is 0 Å². The molecular formula is C12H11N3O2. The van der Waals surface area contributed by atoms with E-state index in [1.165, 1.54) is 6.08 Å². The Morgan fingerprint density at radius 1 is 1.47 bits per heavy atom. The Morgan fingerprint density at radius 3 is 2.94 bits per heavy atom. The number of rotatable bonds is 3. The first kappa shape index (κ1) is 11.1. The van der Waals surface area contributed by atoms with Crippen molar-refractivity contribution in [3.05, 3.63) is 48.1 Å². The summed E-state index contributed by atoms with van der Waals surface area (Å²) in [6.07, 6.45) is 7.67. The van der Waals surface area contributed by atoms with Gasteiger partial charge in [0.05, 0.1) is 17.6 Å². The molecule has 2 aromatic rings. The van der Waals surface area contributed by atoms with Crippen molar-refractivity contribution >= 4 is 12.0 Å². The average Bonchev–Trinajstić information content (AvgIpc) is 2.74. The van der Waals surface area contributed by atoms with Crippen LogP contribution in [-0.2, 0) is 4.79 Å². The molecule has 2 heterocycles. The van der Waals surface area contributed by atoms with Gasteiger partial charge in [0.2, 0.25) is 0 Å². The molecule has 0 aliphatic heterocycles. The number of carboxylic acid groups (broad SMARTS) is 1. The predicted octanol–water partition coefficient (Wildman–Crippen LogP) is 1.67. The van der Waals surface area contributed by atoms with Crippen LogP contribution >= 0.6 is 0 Å². The molecule has 0 atom stereocenters.